The highest BCUT2D eigenvalue weighted by Gasteiger charge is 2.33. The predicted molar refractivity (Wildman–Crippen MR) is 122 cm³/mol. The number of Topliss-reactive ketones (excluding diaryl/α,β-unsaturated/α-hetero) is 1. The van der Waals surface area contributed by atoms with Gasteiger partial charge in [-0.25, -0.2) is 4.98 Å². The molecule has 1 aliphatic heterocycles. The van der Waals surface area contributed by atoms with E-state index in [1.54, 1.807) is 28.0 Å². The number of carbonyl (C=O) groups is 2. The van der Waals surface area contributed by atoms with E-state index < -0.39 is 0 Å². The van der Waals surface area contributed by atoms with Gasteiger partial charge >= 0.3 is 0 Å². The minimum Gasteiger partial charge on any atom is -0.383 e. The number of hydrogen-bond donors (Lipinski definition) is 1. The fourth-order valence-corrected chi connectivity index (χ4v) is 3.67. The van der Waals surface area contributed by atoms with Gasteiger partial charge in [-0.05, 0) is 44.5 Å². The number of aryl methyl sites for hydroxylation is 2. The third kappa shape index (κ3) is 3.82. The van der Waals surface area contributed by atoms with Gasteiger partial charge in [-0.1, -0.05) is 17.7 Å². The van der Waals surface area contributed by atoms with Gasteiger partial charge in [0.2, 0.25) is 0 Å². The molecule has 156 valence electrons. The highest BCUT2D eigenvalue weighted by atomic mass is 32.1. The van der Waals surface area contributed by atoms with Gasteiger partial charge in [0.05, 0.1) is 17.8 Å². The van der Waals surface area contributed by atoms with Crippen LogP contribution in [0.3, 0.4) is 0 Å². The second-order valence-corrected chi connectivity index (χ2v) is 7.61. The molecule has 0 saturated carbocycles. The molecule has 7 nitrogen and oxygen atoms in total. The van der Waals surface area contributed by atoms with Crippen LogP contribution in [0.5, 0.6) is 0 Å². The number of carbonyl (C=O) groups excluding carboxylic acids is 2. The molecular weight excluding hydrogens is 398 g/mol. The van der Waals surface area contributed by atoms with Gasteiger partial charge in [-0.2, -0.15) is 18.6 Å². The quantitative estimate of drug-likeness (QED) is 0.650. The van der Waals surface area contributed by atoms with E-state index in [4.69, 9.17) is 5.73 Å². The fraction of sp³-hybridized carbons (Fsp3) is 0.273. The van der Waals surface area contributed by atoms with Crippen LogP contribution in [0.25, 0.3) is 0 Å². The first-order chi connectivity index (χ1) is 13.8. The number of anilines is 2. The Morgan fingerprint density at radius 2 is 1.87 bits per heavy atom. The highest BCUT2D eigenvalue weighted by molar-refractivity contribution is 7.59. The van der Waals surface area contributed by atoms with Crippen LogP contribution in [-0.4, -0.2) is 33.0 Å². The van der Waals surface area contributed by atoms with E-state index in [0.29, 0.717) is 23.4 Å². The summed E-state index contributed by atoms with van der Waals surface area (Å²) in [5, 5.41) is 4.39. The van der Waals surface area contributed by atoms with Crippen LogP contribution in [0.4, 0.5) is 11.5 Å². The Hall–Kier alpha value is -3.13. The van der Waals surface area contributed by atoms with Crippen LogP contribution < -0.4 is 10.6 Å². The summed E-state index contributed by atoms with van der Waals surface area (Å²) in [6, 6.07) is 9.57. The number of benzene rings is 1. The molecule has 4 rings (SSSR count). The lowest BCUT2D eigenvalue weighted by molar-refractivity contribution is 0.0951. The van der Waals surface area contributed by atoms with Crippen LogP contribution in [0.15, 0.2) is 42.7 Å². The van der Waals surface area contributed by atoms with Crippen LogP contribution in [-0.2, 0) is 6.42 Å². The maximum atomic E-state index is 13.3. The number of nitrogens with two attached hydrogens (primary N) is 1. The van der Waals surface area contributed by atoms with Crippen molar-refractivity contribution < 1.29 is 9.59 Å². The Kier molecular flexibility index (Phi) is 5.98. The van der Waals surface area contributed by atoms with Crippen molar-refractivity contribution in [3.05, 3.63) is 70.7 Å². The van der Waals surface area contributed by atoms with Crippen LogP contribution in [0, 0.1) is 13.8 Å². The minimum atomic E-state index is -0.178. The van der Waals surface area contributed by atoms with Crippen molar-refractivity contribution in [2.24, 2.45) is 0 Å². The molecule has 1 aromatic carbocycles. The standard InChI is InChI=1S/C22H23N5O2.H2S/c1-13-4-6-17(7-5-13)26-12-15(3)27-20(22(26)29)16(11-25-27)9-19(28)18-8-14(2)10-24-21(18)23;/h4-8,10-11,15H,9,12H2,1-3H3,(H2,23,24);1H2/t15-;/m0./s1. The number of amides is 1. The van der Waals surface area contributed by atoms with Gasteiger partial charge in [0, 0.05) is 30.4 Å². The fourth-order valence-electron chi connectivity index (χ4n) is 3.67. The van der Waals surface area contributed by atoms with Crippen molar-refractivity contribution >= 4 is 36.7 Å². The zero-order valence-corrected chi connectivity index (χ0v) is 18.2. The first-order valence-corrected chi connectivity index (χ1v) is 9.55. The van der Waals surface area contributed by atoms with Crippen molar-refractivity contribution in [2.45, 2.75) is 33.2 Å². The lowest BCUT2D eigenvalue weighted by Gasteiger charge is -2.32. The lowest BCUT2D eigenvalue weighted by Crippen LogP contribution is -2.43. The van der Waals surface area contributed by atoms with Gasteiger partial charge in [0.1, 0.15) is 11.5 Å². The summed E-state index contributed by atoms with van der Waals surface area (Å²) in [7, 11) is 0. The summed E-state index contributed by atoms with van der Waals surface area (Å²) in [5.74, 6) is -0.132. The van der Waals surface area contributed by atoms with E-state index in [0.717, 1.165) is 16.8 Å². The van der Waals surface area contributed by atoms with E-state index in [9.17, 15) is 9.59 Å². The second kappa shape index (κ2) is 8.31. The van der Waals surface area contributed by atoms with Crippen molar-refractivity contribution in [2.75, 3.05) is 17.2 Å². The maximum absolute atomic E-state index is 13.3. The molecule has 2 aromatic heterocycles. The van der Waals surface area contributed by atoms with E-state index in [2.05, 4.69) is 10.1 Å². The van der Waals surface area contributed by atoms with Crippen LogP contribution in [0.2, 0.25) is 0 Å². The monoisotopic (exact) mass is 423 g/mol. The highest BCUT2D eigenvalue weighted by Crippen LogP contribution is 2.29. The average molecular weight is 424 g/mol. The molecule has 0 saturated heterocycles. The van der Waals surface area contributed by atoms with E-state index in [1.165, 1.54) is 0 Å². The van der Waals surface area contributed by atoms with Crippen molar-refractivity contribution in [3.8, 4) is 0 Å². The first kappa shape index (κ1) is 21.6. The Balaban J connectivity index is 0.00000256. The summed E-state index contributed by atoms with van der Waals surface area (Å²) in [5.41, 5.74) is 10.1. The number of nitrogen functional groups attached to an aromatic ring is 1. The van der Waals surface area contributed by atoms with E-state index in [1.807, 2.05) is 45.0 Å². The Morgan fingerprint density at radius 1 is 1.17 bits per heavy atom. The molecule has 0 radical (unpaired) electrons. The molecule has 30 heavy (non-hydrogen) atoms. The molecule has 1 amide bonds. The Bertz CT molecular complexity index is 1110. The second-order valence-electron chi connectivity index (χ2n) is 7.61. The van der Waals surface area contributed by atoms with Gasteiger partial charge in [-0.15, -0.1) is 0 Å². The molecule has 3 heterocycles. The molecule has 3 aromatic rings. The zero-order valence-electron chi connectivity index (χ0n) is 17.2. The third-order valence-corrected chi connectivity index (χ3v) is 5.24. The average Bonchev–Trinajstić information content (AvgIpc) is 3.12. The smallest absolute Gasteiger partial charge is 0.276 e. The first-order valence-electron chi connectivity index (χ1n) is 9.55. The van der Waals surface area contributed by atoms with Crippen LogP contribution >= 0.6 is 13.5 Å². The van der Waals surface area contributed by atoms with Gasteiger partial charge in [0.25, 0.3) is 5.91 Å². The summed E-state index contributed by atoms with van der Waals surface area (Å²) >= 11 is 0. The summed E-state index contributed by atoms with van der Waals surface area (Å²) in [6.45, 7) is 6.40. The predicted octanol–water partition coefficient (Wildman–Crippen LogP) is 3.24. The molecular formula is C22H25N5O2S. The molecule has 2 N–H and O–H groups in total. The van der Waals surface area contributed by atoms with Crippen LogP contribution in [0.1, 0.15) is 50.5 Å². The molecule has 1 atom stereocenters. The number of pyridine rings is 1. The van der Waals surface area contributed by atoms with E-state index >= 15 is 0 Å². The molecule has 0 fully saturated rings. The summed E-state index contributed by atoms with van der Waals surface area (Å²) < 4.78 is 1.72. The van der Waals surface area contributed by atoms with Gasteiger partial charge < -0.3 is 10.6 Å². The third-order valence-electron chi connectivity index (χ3n) is 5.24. The summed E-state index contributed by atoms with van der Waals surface area (Å²) in [6.07, 6.45) is 3.28. The van der Waals surface area contributed by atoms with Crippen molar-refractivity contribution in [1.29, 1.82) is 0 Å². The molecule has 0 spiro atoms. The zero-order chi connectivity index (χ0) is 20.7. The van der Waals surface area contributed by atoms with Crippen molar-refractivity contribution in [1.82, 2.24) is 14.8 Å². The number of nitrogens with zero attached hydrogens (tertiary/aromatic N) is 4. The number of aromatic nitrogens is 3. The SMILES string of the molecule is Cc1ccc(N2C[C@H](C)n3ncc(CC(=O)c4cc(C)cnc4N)c3C2=O)cc1.S. The summed E-state index contributed by atoms with van der Waals surface area (Å²) in [4.78, 5) is 32.0. The molecule has 0 bridgehead atoms. The lowest BCUT2D eigenvalue weighted by atomic mass is 10.0. The van der Waals surface area contributed by atoms with E-state index in [-0.39, 0.29) is 43.5 Å². The van der Waals surface area contributed by atoms with Gasteiger partial charge in [-0.3, -0.25) is 14.3 Å². The number of hydrogen-bond acceptors (Lipinski definition) is 5. The topological polar surface area (TPSA) is 94.1 Å². The number of fused-ring (bicyclic) bond motifs is 1. The molecule has 0 unspecified atom stereocenters. The largest absolute Gasteiger partial charge is 0.383 e. The minimum absolute atomic E-state index is 0. The molecule has 1 aliphatic rings. The Morgan fingerprint density at radius 3 is 2.57 bits per heavy atom. The number of rotatable bonds is 4. The number of ketones is 1. The normalized spacial score (nSPS) is 15.5. The Labute approximate surface area is 182 Å². The molecule has 0 aliphatic carbocycles. The van der Waals surface area contributed by atoms with Gasteiger partial charge in [0.15, 0.2) is 5.78 Å². The van der Waals surface area contributed by atoms with Crippen molar-refractivity contribution in [3.63, 3.8) is 0 Å². The maximum Gasteiger partial charge on any atom is 0.276 e. The molecule has 8 heteroatoms.